The second kappa shape index (κ2) is 6.76. The van der Waals surface area contributed by atoms with Crippen LogP contribution in [0.1, 0.15) is 35.5 Å². The van der Waals surface area contributed by atoms with Gasteiger partial charge in [0.15, 0.2) is 0 Å². The first-order valence-corrected chi connectivity index (χ1v) is 7.49. The summed E-state index contributed by atoms with van der Waals surface area (Å²) in [6.45, 7) is 5.27. The van der Waals surface area contributed by atoms with Crippen LogP contribution in [0.4, 0.5) is 0 Å². The van der Waals surface area contributed by atoms with E-state index in [9.17, 15) is 4.79 Å². The molecule has 0 saturated carbocycles. The van der Waals surface area contributed by atoms with E-state index in [4.69, 9.17) is 11.6 Å². The van der Waals surface area contributed by atoms with Crippen LogP contribution in [0.3, 0.4) is 0 Å². The van der Waals surface area contributed by atoms with Gasteiger partial charge in [0.25, 0.3) is 5.91 Å². The molecule has 0 N–H and O–H groups in total. The van der Waals surface area contributed by atoms with Gasteiger partial charge in [-0.2, -0.15) is 5.10 Å². The Bertz CT molecular complexity index is 619. The molecular weight excluding hydrogens is 286 g/mol. The predicted octanol–water partition coefficient (Wildman–Crippen LogP) is 3.39. The molecule has 0 aliphatic carbocycles. The third-order valence-corrected chi connectivity index (χ3v) is 3.86. The SMILES string of the molecule is CCc1ccc(C(=O)N(C)Cc2c(Cl)cnn2CC)cc1. The molecular formula is C16H20ClN3O. The van der Waals surface area contributed by atoms with Gasteiger partial charge < -0.3 is 4.90 Å². The van der Waals surface area contributed by atoms with E-state index < -0.39 is 0 Å². The van der Waals surface area contributed by atoms with Crippen LogP contribution in [0.5, 0.6) is 0 Å². The van der Waals surface area contributed by atoms with Crippen molar-refractivity contribution >= 4 is 17.5 Å². The number of hydrogen-bond acceptors (Lipinski definition) is 2. The fourth-order valence-electron chi connectivity index (χ4n) is 2.22. The monoisotopic (exact) mass is 305 g/mol. The average Bonchev–Trinajstić information content (AvgIpc) is 2.87. The summed E-state index contributed by atoms with van der Waals surface area (Å²) in [5.74, 6) is -0.0161. The Morgan fingerprint density at radius 2 is 1.95 bits per heavy atom. The molecule has 0 spiro atoms. The Kier molecular flexibility index (Phi) is 5.02. The van der Waals surface area contributed by atoms with Crippen molar-refractivity contribution < 1.29 is 4.79 Å². The maximum atomic E-state index is 12.4. The van der Waals surface area contributed by atoms with E-state index in [2.05, 4.69) is 12.0 Å². The van der Waals surface area contributed by atoms with Gasteiger partial charge in [0.1, 0.15) is 0 Å². The summed E-state index contributed by atoms with van der Waals surface area (Å²) in [4.78, 5) is 14.1. The minimum Gasteiger partial charge on any atom is -0.336 e. The number of benzene rings is 1. The zero-order chi connectivity index (χ0) is 15.4. The molecule has 0 aliphatic rings. The zero-order valence-corrected chi connectivity index (χ0v) is 13.4. The van der Waals surface area contributed by atoms with Crippen LogP contribution in [-0.2, 0) is 19.5 Å². The number of carbonyl (C=O) groups excluding carboxylic acids is 1. The van der Waals surface area contributed by atoms with Crippen molar-refractivity contribution in [3.8, 4) is 0 Å². The molecule has 1 aromatic heterocycles. The number of aromatic nitrogens is 2. The fourth-order valence-corrected chi connectivity index (χ4v) is 2.42. The molecule has 2 rings (SSSR count). The van der Waals surface area contributed by atoms with Gasteiger partial charge in [-0.3, -0.25) is 9.48 Å². The molecule has 0 aliphatic heterocycles. The van der Waals surface area contributed by atoms with Gasteiger partial charge in [-0.25, -0.2) is 0 Å². The Balaban J connectivity index is 2.13. The maximum Gasteiger partial charge on any atom is 0.253 e. The van der Waals surface area contributed by atoms with Crippen LogP contribution in [-0.4, -0.2) is 27.6 Å². The smallest absolute Gasteiger partial charge is 0.253 e. The van der Waals surface area contributed by atoms with Gasteiger partial charge >= 0.3 is 0 Å². The van der Waals surface area contributed by atoms with E-state index in [0.29, 0.717) is 17.1 Å². The first kappa shape index (κ1) is 15.6. The van der Waals surface area contributed by atoms with Crippen LogP contribution in [0.2, 0.25) is 5.02 Å². The standard InChI is InChI=1S/C16H20ClN3O/c1-4-12-6-8-13(9-7-12)16(21)19(3)11-15-14(17)10-18-20(15)5-2/h6-10H,4-5,11H2,1-3H3. The van der Waals surface area contributed by atoms with E-state index in [-0.39, 0.29) is 5.91 Å². The minimum atomic E-state index is -0.0161. The van der Waals surface area contributed by atoms with E-state index in [1.807, 2.05) is 35.9 Å². The summed E-state index contributed by atoms with van der Waals surface area (Å²) in [6, 6.07) is 7.72. The predicted molar refractivity (Wildman–Crippen MR) is 84.5 cm³/mol. The molecule has 112 valence electrons. The molecule has 0 bridgehead atoms. The van der Waals surface area contributed by atoms with E-state index in [0.717, 1.165) is 18.7 Å². The van der Waals surface area contributed by atoms with Crippen molar-refractivity contribution in [1.82, 2.24) is 14.7 Å². The van der Waals surface area contributed by atoms with Crippen molar-refractivity contribution in [2.75, 3.05) is 7.05 Å². The zero-order valence-electron chi connectivity index (χ0n) is 12.6. The largest absolute Gasteiger partial charge is 0.336 e. The van der Waals surface area contributed by atoms with E-state index >= 15 is 0 Å². The van der Waals surface area contributed by atoms with Crippen molar-refractivity contribution in [1.29, 1.82) is 0 Å². The lowest BCUT2D eigenvalue weighted by molar-refractivity contribution is 0.0781. The molecule has 0 atom stereocenters. The number of nitrogens with zero attached hydrogens (tertiary/aromatic N) is 3. The number of halogens is 1. The second-order valence-electron chi connectivity index (χ2n) is 4.97. The maximum absolute atomic E-state index is 12.4. The molecule has 5 heteroatoms. The van der Waals surface area contributed by atoms with Gasteiger partial charge in [-0.15, -0.1) is 0 Å². The summed E-state index contributed by atoms with van der Waals surface area (Å²) in [5, 5.41) is 4.78. The molecule has 0 saturated heterocycles. The van der Waals surface area contributed by atoms with Crippen molar-refractivity contribution in [2.24, 2.45) is 0 Å². The molecule has 2 aromatic rings. The van der Waals surface area contributed by atoms with Gasteiger partial charge in [-0.1, -0.05) is 30.7 Å². The number of aryl methyl sites for hydroxylation is 2. The van der Waals surface area contributed by atoms with Crippen LogP contribution in [0.15, 0.2) is 30.5 Å². The normalized spacial score (nSPS) is 10.7. The minimum absolute atomic E-state index is 0.0161. The van der Waals surface area contributed by atoms with Crippen LogP contribution in [0.25, 0.3) is 0 Å². The summed E-state index contributed by atoms with van der Waals surface area (Å²) in [5.41, 5.74) is 2.77. The molecule has 0 fully saturated rings. The summed E-state index contributed by atoms with van der Waals surface area (Å²) >= 11 is 6.14. The Morgan fingerprint density at radius 1 is 1.29 bits per heavy atom. The van der Waals surface area contributed by atoms with Gasteiger partial charge in [0.05, 0.1) is 23.5 Å². The highest BCUT2D eigenvalue weighted by Crippen LogP contribution is 2.18. The second-order valence-corrected chi connectivity index (χ2v) is 5.37. The van der Waals surface area contributed by atoms with Crippen molar-refractivity contribution in [3.63, 3.8) is 0 Å². The number of amides is 1. The lowest BCUT2D eigenvalue weighted by Crippen LogP contribution is -2.27. The van der Waals surface area contributed by atoms with Crippen LogP contribution >= 0.6 is 11.6 Å². The Hall–Kier alpha value is -1.81. The van der Waals surface area contributed by atoms with Crippen LogP contribution in [0, 0.1) is 0 Å². The molecule has 0 radical (unpaired) electrons. The highest BCUT2D eigenvalue weighted by atomic mass is 35.5. The molecule has 21 heavy (non-hydrogen) atoms. The highest BCUT2D eigenvalue weighted by molar-refractivity contribution is 6.31. The van der Waals surface area contributed by atoms with Gasteiger partial charge in [0.2, 0.25) is 0 Å². The summed E-state index contributed by atoms with van der Waals surface area (Å²) in [6.07, 6.45) is 2.59. The summed E-state index contributed by atoms with van der Waals surface area (Å²) < 4.78 is 1.81. The fraction of sp³-hybridized carbons (Fsp3) is 0.375. The molecule has 0 unspecified atom stereocenters. The first-order valence-electron chi connectivity index (χ1n) is 7.11. The Morgan fingerprint density at radius 3 is 2.52 bits per heavy atom. The number of hydrogen-bond donors (Lipinski definition) is 0. The van der Waals surface area contributed by atoms with Gasteiger partial charge in [-0.05, 0) is 31.0 Å². The Labute approximate surface area is 130 Å². The average molecular weight is 306 g/mol. The number of rotatable bonds is 5. The molecule has 1 heterocycles. The molecule has 4 nitrogen and oxygen atoms in total. The van der Waals surface area contributed by atoms with Crippen molar-refractivity contribution in [3.05, 3.63) is 52.3 Å². The highest BCUT2D eigenvalue weighted by Gasteiger charge is 2.16. The quantitative estimate of drug-likeness (QED) is 0.849. The third kappa shape index (κ3) is 3.45. The van der Waals surface area contributed by atoms with Crippen LogP contribution < -0.4 is 0 Å². The molecule has 1 aromatic carbocycles. The van der Waals surface area contributed by atoms with E-state index in [1.54, 1.807) is 18.1 Å². The van der Waals surface area contributed by atoms with Crippen molar-refractivity contribution in [2.45, 2.75) is 33.4 Å². The van der Waals surface area contributed by atoms with Gasteiger partial charge in [0, 0.05) is 19.2 Å². The topological polar surface area (TPSA) is 38.1 Å². The third-order valence-electron chi connectivity index (χ3n) is 3.54. The lowest BCUT2D eigenvalue weighted by atomic mass is 10.1. The summed E-state index contributed by atoms with van der Waals surface area (Å²) in [7, 11) is 1.78. The van der Waals surface area contributed by atoms with E-state index in [1.165, 1.54) is 5.56 Å². The first-order chi connectivity index (χ1) is 10.1. The number of carbonyl (C=O) groups is 1. The molecule has 1 amide bonds. The lowest BCUT2D eigenvalue weighted by Gasteiger charge is -2.18.